The summed E-state index contributed by atoms with van der Waals surface area (Å²) in [7, 11) is 3.66. The van der Waals surface area contributed by atoms with Gasteiger partial charge in [0.2, 0.25) is 5.91 Å². The zero-order valence-electron chi connectivity index (χ0n) is 19.3. The Kier molecular flexibility index (Phi) is 5.41. The van der Waals surface area contributed by atoms with Gasteiger partial charge in [0.25, 0.3) is 0 Å². The highest BCUT2D eigenvalue weighted by Crippen LogP contribution is 2.50. The summed E-state index contributed by atoms with van der Waals surface area (Å²) in [5.74, 6) is 0.604. The number of benzene rings is 2. The Hall–Kier alpha value is -2.90. The Balaban J connectivity index is 1.58. The van der Waals surface area contributed by atoms with Crippen molar-refractivity contribution in [1.82, 2.24) is 14.4 Å². The van der Waals surface area contributed by atoms with Crippen molar-refractivity contribution in [1.29, 1.82) is 0 Å². The number of amides is 1. The van der Waals surface area contributed by atoms with Crippen molar-refractivity contribution >= 4 is 16.8 Å². The number of likely N-dealkylation sites (tertiary alicyclic amines) is 1. The molecule has 2 aliphatic rings. The summed E-state index contributed by atoms with van der Waals surface area (Å²) in [6.45, 7) is 4.68. The minimum atomic E-state index is -0.368. The van der Waals surface area contributed by atoms with E-state index in [1.165, 1.54) is 17.7 Å². The summed E-state index contributed by atoms with van der Waals surface area (Å²) in [5.41, 5.74) is 4.15. The highest BCUT2D eigenvalue weighted by Gasteiger charge is 2.53. The van der Waals surface area contributed by atoms with Crippen molar-refractivity contribution in [3.63, 3.8) is 0 Å². The Morgan fingerprint density at radius 1 is 1.18 bits per heavy atom. The van der Waals surface area contributed by atoms with Gasteiger partial charge < -0.3 is 19.3 Å². The van der Waals surface area contributed by atoms with Gasteiger partial charge in [-0.25, -0.2) is 4.39 Å². The molecule has 1 amide bonds. The lowest BCUT2D eigenvalue weighted by Crippen LogP contribution is -2.66. The molecule has 1 aromatic heterocycles. The third-order valence-electron chi connectivity index (χ3n) is 7.32. The molecule has 1 N–H and O–H groups in total. The van der Waals surface area contributed by atoms with Crippen LogP contribution in [0, 0.1) is 5.82 Å². The Morgan fingerprint density at radius 2 is 1.91 bits per heavy atom. The normalized spacial score (nSPS) is 19.5. The average Bonchev–Trinajstić information content (AvgIpc) is 3.11. The highest BCUT2D eigenvalue weighted by atomic mass is 19.1. The third-order valence-corrected chi connectivity index (χ3v) is 7.32. The Labute approximate surface area is 193 Å². The quantitative estimate of drug-likeness (QED) is 0.646. The molecule has 0 bridgehead atoms. The van der Waals surface area contributed by atoms with E-state index < -0.39 is 0 Å². The second-order valence-electron chi connectivity index (χ2n) is 9.33. The van der Waals surface area contributed by atoms with E-state index in [2.05, 4.69) is 15.5 Å². The molecule has 6 nitrogen and oxygen atoms in total. The molecular weight excluding hydrogens is 421 g/mol. The number of hydrogen-bond acceptors (Lipinski definition) is 4. The van der Waals surface area contributed by atoms with Crippen LogP contribution in [0.5, 0.6) is 5.75 Å². The summed E-state index contributed by atoms with van der Waals surface area (Å²) in [5, 5.41) is 11.5. The number of fused-ring (bicyclic) bond motifs is 4. The van der Waals surface area contributed by atoms with Crippen molar-refractivity contribution in [2.24, 2.45) is 7.05 Å². The van der Waals surface area contributed by atoms with E-state index in [-0.39, 0.29) is 29.8 Å². The van der Waals surface area contributed by atoms with Crippen LogP contribution in [0.2, 0.25) is 0 Å². The van der Waals surface area contributed by atoms with Crippen LogP contribution in [-0.4, -0.2) is 58.7 Å². The van der Waals surface area contributed by atoms with Crippen LogP contribution in [0.1, 0.15) is 36.2 Å². The summed E-state index contributed by atoms with van der Waals surface area (Å²) >= 11 is 0. The summed E-state index contributed by atoms with van der Waals surface area (Å²) in [6.07, 6.45) is 0.402. The van der Waals surface area contributed by atoms with Gasteiger partial charge in [-0.05, 0) is 35.4 Å². The predicted octanol–water partition coefficient (Wildman–Crippen LogP) is 3.37. The topological polar surface area (TPSA) is 57.9 Å². The fourth-order valence-electron chi connectivity index (χ4n) is 5.85. The van der Waals surface area contributed by atoms with Crippen LogP contribution < -0.4 is 4.74 Å². The second kappa shape index (κ2) is 8.15. The van der Waals surface area contributed by atoms with Gasteiger partial charge in [-0.3, -0.25) is 9.69 Å². The lowest BCUT2D eigenvalue weighted by atomic mass is 9.68. The van der Waals surface area contributed by atoms with Gasteiger partial charge in [0, 0.05) is 62.2 Å². The number of aryl methyl sites for hydroxylation is 1. The number of ether oxygens (including phenoxy) is 1. The fourth-order valence-corrected chi connectivity index (χ4v) is 5.85. The SMILES string of the molecule is CCC(=O)N1CC2(CN(Cc3ccc(F)cc3)C2)c2c(n(C)c3cc(OC)ccc23)[C@@H]1CO. The molecule has 2 aromatic carbocycles. The minimum Gasteiger partial charge on any atom is -0.497 e. The molecule has 3 heterocycles. The molecule has 0 unspecified atom stereocenters. The number of rotatable bonds is 5. The average molecular weight is 452 g/mol. The van der Waals surface area contributed by atoms with Crippen LogP contribution >= 0.6 is 0 Å². The maximum atomic E-state index is 13.3. The van der Waals surface area contributed by atoms with Gasteiger partial charge >= 0.3 is 0 Å². The molecule has 1 fully saturated rings. The van der Waals surface area contributed by atoms with Crippen LogP contribution in [0.3, 0.4) is 0 Å². The van der Waals surface area contributed by atoms with E-state index >= 15 is 0 Å². The highest BCUT2D eigenvalue weighted by molar-refractivity contribution is 5.90. The number of carbonyl (C=O) groups is 1. The number of halogens is 1. The van der Waals surface area contributed by atoms with Crippen molar-refractivity contribution in [3.8, 4) is 5.75 Å². The molecular formula is C26H30FN3O3. The number of carbonyl (C=O) groups excluding carboxylic acids is 1. The van der Waals surface area contributed by atoms with E-state index in [0.717, 1.165) is 47.5 Å². The van der Waals surface area contributed by atoms with Gasteiger partial charge in [-0.15, -0.1) is 0 Å². The first-order chi connectivity index (χ1) is 15.9. The molecule has 5 rings (SSSR count). The lowest BCUT2D eigenvalue weighted by Gasteiger charge is -2.56. The van der Waals surface area contributed by atoms with E-state index in [0.29, 0.717) is 13.0 Å². The van der Waals surface area contributed by atoms with Crippen molar-refractivity contribution < 1.29 is 19.0 Å². The van der Waals surface area contributed by atoms with Crippen LogP contribution in [0.25, 0.3) is 10.9 Å². The second-order valence-corrected chi connectivity index (χ2v) is 9.33. The lowest BCUT2D eigenvalue weighted by molar-refractivity contribution is -0.138. The van der Waals surface area contributed by atoms with E-state index in [1.807, 2.05) is 43.1 Å². The molecule has 3 aromatic rings. The maximum Gasteiger partial charge on any atom is 0.222 e. The number of aliphatic hydroxyl groups excluding tert-OH is 1. The summed E-state index contributed by atoms with van der Waals surface area (Å²) in [6, 6.07) is 12.4. The molecule has 33 heavy (non-hydrogen) atoms. The standard InChI is InChI=1S/C26H30FN3O3/c1-4-23(32)30-16-26(14-29(15-26)12-17-5-7-18(27)8-6-17)24-20-10-9-19(33-3)11-21(20)28(2)25(24)22(30)13-31/h5-11,22,31H,4,12-16H2,1-3H3/t22-/m0/s1. The molecule has 0 aliphatic carbocycles. The maximum absolute atomic E-state index is 13.3. The third kappa shape index (κ3) is 3.42. The van der Waals surface area contributed by atoms with Gasteiger partial charge in [-0.1, -0.05) is 19.1 Å². The molecule has 0 saturated carbocycles. The van der Waals surface area contributed by atoms with Gasteiger partial charge in [0.1, 0.15) is 11.6 Å². The van der Waals surface area contributed by atoms with E-state index in [4.69, 9.17) is 4.74 Å². The number of methoxy groups -OCH3 is 1. The first-order valence-corrected chi connectivity index (χ1v) is 11.4. The first kappa shape index (κ1) is 21.9. The van der Waals surface area contributed by atoms with Crippen molar-refractivity contribution in [2.45, 2.75) is 31.3 Å². The van der Waals surface area contributed by atoms with Gasteiger partial charge in [-0.2, -0.15) is 0 Å². The van der Waals surface area contributed by atoms with E-state index in [1.54, 1.807) is 7.11 Å². The predicted molar refractivity (Wildman–Crippen MR) is 125 cm³/mol. The van der Waals surface area contributed by atoms with Crippen molar-refractivity contribution in [2.75, 3.05) is 33.4 Å². The largest absolute Gasteiger partial charge is 0.497 e. The van der Waals surface area contributed by atoms with Gasteiger partial charge in [0.15, 0.2) is 0 Å². The number of nitrogens with zero attached hydrogens (tertiary/aromatic N) is 3. The Morgan fingerprint density at radius 3 is 2.55 bits per heavy atom. The number of aliphatic hydroxyl groups is 1. The molecule has 174 valence electrons. The van der Waals surface area contributed by atoms with Crippen molar-refractivity contribution in [3.05, 3.63) is 65.1 Å². The monoisotopic (exact) mass is 451 g/mol. The van der Waals surface area contributed by atoms with Gasteiger partial charge in [0.05, 0.1) is 25.3 Å². The zero-order valence-corrected chi connectivity index (χ0v) is 19.3. The smallest absolute Gasteiger partial charge is 0.222 e. The van der Waals surface area contributed by atoms with Crippen LogP contribution in [0.15, 0.2) is 42.5 Å². The number of hydrogen-bond donors (Lipinski definition) is 1. The molecule has 1 atom stereocenters. The summed E-state index contributed by atoms with van der Waals surface area (Å²) < 4.78 is 20.9. The molecule has 0 radical (unpaired) electrons. The molecule has 7 heteroatoms. The first-order valence-electron chi connectivity index (χ1n) is 11.4. The fraction of sp³-hybridized carbons (Fsp3) is 0.423. The molecule has 2 aliphatic heterocycles. The molecule has 1 saturated heterocycles. The molecule has 1 spiro atoms. The Bertz CT molecular complexity index is 1200. The van der Waals surface area contributed by atoms with E-state index in [9.17, 15) is 14.3 Å². The number of aromatic nitrogens is 1. The van der Waals surface area contributed by atoms with Crippen LogP contribution in [-0.2, 0) is 23.8 Å². The van der Waals surface area contributed by atoms with Crippen LogP contribution in [0.4, 0.5) is 4.39 Å². The minimum absolute atomic E-state index is 0.0545. The summed E-state index contributed by atoms with van der Waals surface area (Å²) in [4.78, 5) is 17.2. The zero-order chi connectivity index (χ0) is 23.3.